The second kappa shape index (κ2) is 4.80. The van der Waals surface area contributed by atoms with E-state index >= 15 is 0 Å². The molecule has 1 nitrogen and oxygen atoms in total. The second-order valence-corrected chi connectivity index (χ2v) is 2.52. The van der Waals surface area contributed by atoms with Gasteiger partial charge in [-0.05, 0) is 19.3 Å². The second-order valence-electron chi connectivity index (χ2n) is 2.52. The molecule has 0 heterocycles. The van der Waals surface area contributed by atoms with Gasteiger partial charge in [0, 0.05) is 0 Å². The number of hydrogen-bond acceptors (Lipinski definition) is 1. The molecular weight excluding hydrogens is 112 g/mol. The molecule has 0 saturated carbocycles. The zero-order valence-corrected chi connectivity index (χ0v) is 6.43. The van der Waals surface area contributed by atoms with Gasteiger partial charge in [0.15, 0.2) is 0 Å². The molecule has 2 atom stereocenters. The predicted octanol–water partition coefficient (Wildman–Crippen LogP) is 2.01. The Kier molecular flexibility index (Phi) is 4.78. The van der Waals surface area contributed by atoms with Crippen LogP contribution in [0.2, 0.25) is 0 Å². The Morgan fingerprint density at radius 3 is 2.11 bits per heavy atom. The highest BCUT2D eigenvalue weighted by Gasteiger charge is 2.09. The van der Waals surface area contributed by atoms with Gasteiger partial charge in [-0.15, -0.1) is 0 Å². The molecule has 0 rings (SSSR count). The zero-order chi connectivity index (χ0) is 7.28. The van der Waals surface area contributed by atoms with Crippen LogP contribution in [0.4, 0.5) is 0 Å². The van der Waals surface area contributed by atoms with Gasteiger partial charge in [0.2, 0.25) is 0 Å². The lowest BCUT2D eigenvalue weighted by atomic mass is 9.96. The van der Waals surface area contributed by atoms with Gasteiger partial charge in [-0.1, -0.05) is 26.7 Å². The third kappa shape index (κ3) is 3.52. The molecule has 1 heteroatoms. The highest BCUT2D eigenvalue weighted by Crippen LogP contribution is 2.14. The van der Waals surface area contributed by atoms with Crippen LogP contribution in [0.15, 0.2) is 0 Å². The Morgan fingerprint density at radius 1 is 1.44 bits per heavy atom. The maximum atomic E-state index is 9.03. The quantitative estimate of drug-likeness (QED) is 0.615. The van der Waals surface area contributed by atoms with Crippen molar-refractivity contribution in [2.45, 2.75) is 39.2 Å². The number of aliphatic hydroxyl groups excluding tert-OH is 1. The molecule has 0 amide bonds. The van der Waals surface area contributed by atoms with E-state index in [1.807, 2.05) is 0 Å². The number of hydrogen-bond donors (Lipinski definition) is 1. The molecule has 2 unspecified atom stereocenters. The van der Waals surface area contributed by atoms with Crippen LogP contribution in [0.5, 0.6) is 0 Å². The predicted molar refractivity (Wildman–Crippen MR) is 40.1 cm³/mol. The molecule has 55 valence electrons. The Morgan fingerprint density at radius 2 is 2.00 bits per heavy atom. The molecule has 1 radical (unpaired) electrons. The van der Waals surface area contributed by atoms with Crippen LogP contribution in [0, 0.1) is 12.8 Å². The summed E-state index contributed by atoms with van der Waals surface area (Å²) in [6.45, 7) is 7.81. The lowest BCUT2D eigenvalue weighted by Gasteiger charge is -2.15. The van der Waals surface area contributed by atoms with Crippen molar-refractivity contribution in [2.75, 3.05) is 0 Å². The summed E-state index contributed by atoms with van der Waals surface area (Å²) in [6.07, 6.45) is 2.92. The maximum absolute atomic E-state index is 9.03. The largest absolute Gasteiger partial charge is 0.393 e. The molecule has 0 aliphatic rings. The molecule has 0 aromatic heterocycles. The van der Waals surface area contributed by atoms with Crippen molar-refractivity contribution in [3.8, 4) is 0 Å². The first kappa shape index (κ1) is 8.96. The van der Waals surface area contributed by atoms with Crippen LogP contribution in [0.1, 0.15) is 33.1 Å². The highest BCUT2D eigenvalue weighted by molar-refractivity contribution is 4.68. The molecule has 0 aliphatic heterocycles. The van der Waals surface area contributed by atoms with Gasteiger partial charge >= 0.3 is 0 Å². The van der Waals surface area contributed by atoms with Gasteiger partial charge in [-0.25, -0.2) is 0 Å². The van der Waals surface area contributed by atoms with Crippen molar-refractivity contribution in [1.29, 1.82) is 0 Å². The molecule has 0 bridgehead atoms. The molecule has 0 aromatic rings. The summed E-state index contributed by atoms with van der Waals surface area (Å²) in [7, 11) is 0. The Hall–Kier alpha value is -0.0400. The fraction of sp³-hybridized carbons (Fsp3) is 0.875. The monoisotopic (exact) mass is 129 g/mol. The summed E-state index contributed by atoms with van der Waals surface area (Å²) in [6, 6.07) is 0. The minimum Gasteiger partial charge on any atom is -0.393 e. The van der Waals surface area contributed by atoms with Gasteiger partial charge in [0.05, 0.1) is 6.10 Å². The molecule has 0 aliphatic carbocycles. The molecule has 0 spiro atoms. The van der Waals surface area contributed by atoms with Crippen LogP contribution in [-0.4, -0.2) is 11.2 Å². The van der Waals surface area contributed by atoms with E-state index in [1.54, 1.807) is 0 Å². The van der Waals surface area contributed by atoms with Crippen molar-refractivity contribution in [3.05, 3.63) is 6.92 Å². The molecular formula is C8H17O. The van der Waals surface area contributed by atoms with Crippen LogP contribution >= 0.6 is 0 Å². The normalized spacial score (nSPS) is 17.3. The smallest absolute Gasteiger partial charge is 0.0569 e. The first-order valence-corrected chi connectivity index (χ1v) is 3.73. The van der Waals surface area contributed by atoms with Crippen LogP contribution in [-0.2, 0) is 0 Å². The van der Waals surface area contributed by atoms with E-state index in [2.05, 4.69) is 20.8 Å². The van der Waals surface area contributed by atoms with E-state index < -0.39 is 0 Å². The maximum Gasteiger partial charge on any atom is 0.0569 e. The average molecular weight is 129 g/mol. The van der Waals surface area contributed by atoms with Crippen molar-refractivity contribution in [2.24, 2.45) is 5.92 Å². The van der Waals surface area contributed by atoms with Crippen LogP contribution < -0.4 is 0 Å². The van der Waals surface area contributed by atoms with Crippen molar-refractivity contribution in [1.82, 2.24) is 0 Å². The highest BCUT2D eigenvalue weighted by atomic mass is 16.3. The van der Waals surface area contributed by atoms with Gasteiger partial charge in [-0.3, -0.25) is 0 Å². The topological polar surface area (TPSA) is 20.2 Å². The third-order valence-electron chi connectivity index (χ3n) is 1.73. The summed E-state index contributed by atoms with van der Waals surface area (Å²) < 4.78 is 0. The third-order valence-corrected chi connectivity index (χ3v) is 1.73. The number of aliphatic hydroxyl groups is 1. The lowest BCUT2D eigenvalue weighted by molar-refractivity contribution is 0.140. The van der Waals surface area contributed by atoms with Crippen molar-refractivity contribution in [3.63, 3.8) is 0 Å². The average Bonchev–Trinajstić information content (AvgIpc) is 1.82. The van der Waals surface area contributed by atoms with Gasteiger partial charge in [0.1, 0.15) is 0 Å². The molecule has 0 aromatic carbocycles. The zero-order valence-electron chi connectivity index (χ0n) is 6.43. The van der Waals surface area contributed by atoms with Gasteiger partial charge in [-0.2, -0.15) is 0 Å². The van der Waals surface area contributed by atoms with E-state index in [9.17, 15) is 0 Å². The Labute approximate surface area is 58.1 Å². The Bertz CT molecular complexity index is 59.6. The van der Waals surface area contributed by atoms with Crippen LogP contribution in [0.3, 0.4) is 0 Å². The number of rotatable bonds is 4. The summed E-state index contributed by atoms with van der Waals surface area (Å²) in [5.41, 5.74) is 0. The molecule has 1 N–H and O–H groups in total. The SMILES string of the molecule is [CH2]C(O)C(CC)CCC. The molecule has 0 fully saturated rings. The van der Waals surface area contributed by atoms with E-state index in [0.717, 1.165) is 19.3 Å². The fourth-order valence-corrected chi connectivity index (χ4v) is 1.04. The minimum absolute atomic E-state index is 0.366. The fourth-order valence-electron chi connectivity index (χ4n) is 1.04. The van der Waals surface area contributed by atoms with E-state index in [0.29, 0.717) is 5.92 Å². The lowest BCUT2D eigenvalue weighted by Crippen LogP contribution is -2.15. The minimum atomic E-state index is -0.366. The van der Waals surface area contributed by atoms with Gasteiger partial charge in [0.25, 0.3) is 0 Å². The standard InChI is InChI=1S/C8H17O/c1-4-6-8(5-2)7(3)9/h7-9H,3-6H2,1-2H3. The van der Waals surface area contributed by atoms with E-state index in [4.69, 9.17) is 5.11 Å². The summed E-state index contributed by atoms with van der Waals surface area (Å²) in [4.78, 5) is 0. The van der Waals surface area contributed by atoms with Crippen LogP contribution in [0.25, 0.3) is 0 Å². The summed E-state index contributed by atoms with van der Waals surface area (Å²) >= 11 is 0. The first-order valence-electron chi connectivity index (χ1n) is 3.73. The Balaban J connectivity index is 3.41. The van der Waals surface area contributed by atoms with Crippen molar-refractivity contribution < 1.29 is 5.11 Å². The molecule has 0 saturated heterocycles. The summed E-state index contributed by atoms with van der Waals surface area (Å²) in [5, 5.41) is 9.03. The molecule has 9 heavy (non-hydrogen) atoms. The van der Waals surface area contributed by atoms with E-state index in [1.165, 1.54) is 0 Å². The van der Waals surface area contributed by atoms with Gasteiger partial charge < -0.3 is 5.11 Å². The first-order chi connectivity index (χ1) is 4.22. The van der Waals surface area contributed by atoms with Crippen molar-refractivity contribution >= 4 is 0 Å². The van der Waals surface area contributed by atoms with E-state index in [-0.39, 0.29) is 6.10 Å². The summed E-state index contributed by atoms with van der Waals surface area (Å²) in [5.74, 6) is 0.412.